The first-order valence-corrected chi connectivity index (χ1v) is 8.32. The minimum absolute atomic E-state index is 0.270. The smallest absolute Gasteiger partial charge is 0.0363 e. The van der Waals surface area contributed by atoms with Crippen LogP contribution in [-0.4, -0.2) is 23.5 Å². The van der Waals surface area contributed by atoms with Gasteiger partial charge in [-0.1, -0.05) is 44.0 Å². The summed E-state index contributed by atoms with van der Waals surface area (Å²) in [6, 6.07) is 8.98. The van der Waals surface area contributed by atoms with Crippen molar-refractivity contribution in [1.29, 1.82) is 0 Å². The van der Waals surface area contributed by atoms with Crippen molar-refractivity contribution in [1.82, 2.24) is 4.90 Å². The minimum Gasteiger partial charge on any atom is -0.329 e. The maximum absolute atomic E-state index is 6.29. The summed E-state index contributed by atoms with van der Waals surface area (Å²) in [6.45, 7) is 5.48. The summed E-state index contributed by atoms with van der Waals surface area (Å²) in [5.74, 6) is 0.790. The van der Waals surface area contributed by atoms with Crippen LogP contribution in [0, 0.1) is 5.92 Å². The number of benzene rings is 1. The maximum Gasteiger partial charge on any atom is 0.0363 e. The Balaban J connectivity index is 1.89. The van der Waals surface area contributed by atoms with Crippen LogP contribution in [0.3, 0.4) is 0 Å². The van der Waals surface area contributed by atoms with Crippen LogP contribution in [0.2, 0.25) is 0 Å². The van der Waals surface area contributed by atoms with Gasteiger partial charge in [0, 0.05) is 18.6 Å². The molecule has 1 heterocycles. The van der Waals surface area contributed by atoms with Crippen molar-refractivity contribution in [2.45, 2.75) is 57.5 Å². The second-order valence-corrected chi connectivity index (χ2v) is 6.60. The Kier molecular flexibility index (Phi) is 4.13. The van der Waals surface area contributed by atoms with E-state index in [0.717, 1.165) is 19.0 Å². The third-order valence-electron chi connectivity index (χ3n) is 5.75. The minimum atomic E-state index is 0.270. The molecule has 2 atom stereocenters. The van der Waals surface area contributed by atoms with Crippen LogP contribution >= 0.6 is 0 Å². The number of hydrogen-bond acceptors (Lipinski definition) is 2. The molecule has 1 fully saturated rings. The molecule has 0 aromatic heterocycles. The molecule has 1 aromatic carbocycles. The second kappa shape index (κ2) is 5.87. The second-order valence-electron chi connectivity index (χ2n) is 6.60. The lowest BCUT2D eigenvalue weighted by atomic mass is 9.83. The van der Waals surface area contributed by atoms with E-state index in [0.29, 0.717) is 0 Å². The van der Waals surface area contributed by atoms with Crippen LogP contribution in [0.5, 0.6) is 0 Å². The number of rotatable bonds is 3. The molecule has 2 heteroatoms. The number of fused-ring (bicyclic) bond motifs is 1. The summed E-state index contributed by atoms with van der Waals surface area (Å²) in [4.78, 5) is 2.74. The quantitative estimate of drug-likeness (QED) is 0.914. The maximum atomic E-state index is 6.29. The molecule has 0 spiro atoms. The molecule has 1 aromatic rings. The lowest BCUT2D eigenvalue weighted by molar-refractivity contribution is 0.0493. The van der Waals surface area contributed by atoms with Crippen LogP contribution in [0.25, 0.3) is 0 Å². The summed E-state index contributed by atoms with van der Waals surface area (Å²) in [7, 11) is 0. The van der Waals surface area contributed by atoms with Gasteiger partial charge in [0.2, 0.25) is 0 Å². The first-order chi connectivity index (χ1) is 9.80. The van der Waals surface area contributed by atoms with Gasteiger partial charge in [-0.15, -0.1) is 0 Å². The molecule has 0 amide bonds. The highest BCUT2D eigenvalue weighted by atomic mass is 15.2. The summed E-state index contributed by atoms with van der Waals surface area (Å²) < 4.78 is 0. The molecule has 1 aliphatic carbocycles. The SMILES string of the molecule is CCC1CCCC1(CN)N1CCCc2ccccc2C1. The van der Waals surface area contributed by atoms with Gasteiger partial charge in [-0.05, 0) is 49.3 Å². The molecule has 0 radical (unpaired) electrons. The van der Waals surface area contributed by atoms with Crippen molar-refractivity contribution >= 4 is 0 Å². The van der Waals surface area contributed by atoms with Crippen molar-refractivity contribution in [3.05, 3.63) is 35.4 Å². The molecule has 1 saturated carbocycles. The van der Waals surface area contributed by atoms with E-state index in [4.69, 9.17) is 5.73 Å². The van der Waals surface area contributed by atoms with Gasteiger partial charge in [-0.3, -0.25) is 4.90 Å². The zero-order valence-electron chi connectivity index (χ0n) is 12.8. The van der Waals surface area contributed by atoms with Gasteiger partial charge in [-0.2, -0.15) is 0 Å². The fourth-order valence-electron chi connectivity index (χ4n) is 4.61. The fourth-order valence-corrected chi connectivity index (χ4v) is 4.61. The Bertz CT molecular complexity index is 456. The van der Waals surface area contributed by atoms with Gasteiger partial charge < -0.3 is 5.73 Å². The number of nitrogens with zero attached hydrogens (tertiary/aromatic N) is 1. The average Bonchev–Trinajstić information content (AvgIpc) is 2.79. The van der Waals surface area contributed by atoms with Crippen molar-refractivity contribution in [2.24, 2.45) is 11.7 Å². The van der Waals surface area contributed by atoms with E-state index in [1.807, 2.05) is 0 Å². The molecule has 2 aliphatic rings. The van der Waals surface area contributed by atoms with Crippen molar-refractivity contribution in [3.8, 4) is 0 Å². The van der Waals surface area contributed by atoms with Crippen LogP contribution < -0.4 is 5.73 Å². The molecule has 2 N–H and O–H groups in total. The standard InChI is InChI=1S/C18H28N2/c1-2-17-10-5-11-18(17,14-19)20-12-6-9-15-7-3-4-8-16(15)13-20/h3-4,7-8,17H,2,5-6,9-14,19H2,1H3. The molecule has 110 valence electrons. The van der Waals surface area contributed by atoms with Gasteiger partial charge in [-0.25, -0.2) is 0 Å². The largest absolute Gasteiger partial charge is 0.329 e. The predicted octanol–water partition coefficient (Wildman–Crippen LogP) is 3.34. The van der Waals surface area contributed by atoms with Crippen molar-refractivity contribution in [2.75, 3.05) is 13.1 Å². The Morgan fingerprint density at radius 1 is 1.25 bits per heavy atom. The van der Waals surface area contributed by atoms with E-state index in [-0.39, 0.29) is 5.54 Å². The Morgan fingerprint density at radius 3 is 2.80 bits per heavy atom. The summed E-state index contributed by atoms with van der Waals surface area (Å²) >= 11 is 0. The highest BCUT2D eigenvalue weighted by Crippen LogP contribution is 2.43. The molecule has 0 bridgehead atoms. The molecular weight excluding hydrogens is 244 g/mol. The Labute approximate surface area is 123 Å². The van der Waals surface area contributed by atoms with Crippen LogP contribution in [-0.2, 0) is 13.0 Å². The molecule has 20 heavy (non-hydrogen) atoms. The molecule has 0 saturated heterocycles. The number of hydrogen-bond donors (Lipinski definition) is 1. The van der Waals surface area contributed by atoms with E-state index in [9.17, 15) is 0 Å². The molecule has 3 rings (SSSR count). The monoisotopic (exact) mass is 272 g/mol. The van der Waals surface area contributed by atoms with Gasteiger partial charge in [0.1, 0.15) is 0 Å². The third kappa shape index (κ3) is 2.29. The van der Waals surface area contributed by atoms with Gasteiger partial charge in [0.15, 0.2) is 0 Å². The summed E-state index contributed by atoms with van der Waals surface area (Å²) in [6.07, 6.45) is 7.79. The topological polar surface area (TPSA) is 29.3 Å². The molecule has 1 aliphatic heterocycles. The number of nitrogens with two attached hydrogens (primary N) is 1. The summed E-state index contributed by atoms with van der Waals surface area (Å²) in [5.41, 5.74) is 9.64. The normalized spacial score (nSPS) is 31.0. The number of aryl methyl sites for hydroxylation is 1. The zero-order valence-corrected chi connectivity index (χ0v) is 12.8. The molecule has 2 nitrogen and oxygen atoms in total. The van der Waals surface area contributed by atoms with E-state index in [2.05, 4.69) is 36.1 Å². The average molecular weight is 272 g/mol. The Hall–Kier alpha value is -0.860. The van der Waals surface area contributed by atoms with Crippen LogP contribution in [0.4, 0.5) is 0 Å². The Morgan fingerprint density at radius 2 is 2.05 bits per heavy atom. The van der Waals surface area contributed by atoms with E-state index >= 15 is 0 Å². The van der Waals surface area contributed by atoms with Gasteiger partial charge in [0.05, 0.1) is 0 Å². The predicted molar refractivity (Wildman–Crippen MR) is 84.6 cm³/mol. The highest BCUT2D eigenvalue weighted by Gasteiger charge is 2.45. The highest BCUT2D eigenvalue weighted by molar-refractivity contribution is 5.28. The van der Waals surface area contributed by atoms with E-state index in [1.165, 1.54) is 50.6 Å². The van der Waals surface area contributed by atoms with E-state index < -0.39 is 0 Å². The first kappa shape index (κ1) is 14.1. The van der Waals surface area contributed by atoms with Gasteiger partial charge >= 0.3 is 0 Å². The van der Waals surface area contributed by atoms with Gasteiger partial charge in [0.25, 0.3) is 0 Å². The van der Waals surface area contributed by atoms with Crippen molar-refractivity contribution < 1.29 is 0 Å². The van der Waals surface area contributed by atoms with E-state index in [1.54, 1.807) is 5.56 Å². The molecule has 2 unspecified atom stereocenters. The zero-order chi connectivity index (χ0) is 14.0. The van der Waals surface area contributed by atoms with Crippen molar-refractivity contribution in [3.63, 3.8) is 0 Å². The lowest BCUT2D eigenvalue weighted by Crippen LogP contribution is -2.55. The fraction of sp³-hybridized carbons (Fsp3) is 0.667. The summed E-state index contributed by atoms with van der Waals surface area (Å²) in [5, 5.41) is 0. The lowest BCUT2D eigenvalue weighted by Gasteiger charge is -2.44. The van der Waals surface area contributed by atoms with Crippen LogP contribution in [0.15, 0.2) is 24.3 Å². The third-order valence-corrected chi connectivity index (χ3v) is 5.75. The first-order valence-electron chi connectivity index (χ1n) is 8.32. The molecular formula is C18H28N2. The van der Waals surface area contributed by atoms with Crippen LogP contribution in [0.1, 0.15) is 50.2 Å².